The number of hydrogen-bond acceptors (Lipinski definition) is 2. The molecule has 0 saturated carbocycles. The molecule has 0 aromatic carbocycles. The highest BCUT2D eigenvalue weighted by Crippen LogP contribution is 2.16. The molecule has 0 aromatic heterocycles. The summed E-state index contributed by atoms with van der Waals surface area (Å²) in [6.07, 6.45) is 25.9. The summed E-state index contributed by atoms with van der Waals surface area (Å²) < 4.78 is 0. The van der Waals surface area contributed by atoms with Crippen LogP contribution in [0.5, 0.6) is 0 Å². The molecule has 1 aliphatic heterocycles. The first-order chi connectivity index (χ1) is 12.3. The van der Waals surface area contributed by atoms with Crippen LogP contribution in [-0.2, 0) is 0 Å². The van der Waals surface area contributed by atoms with Gasteiger partial charge in [0.25, 0.3) is 0 Å². The lowest BCUT2D eigenvalue weighted by Crippen LogP contribution is -2.34. The Labute approximate surface area is 158 Å². The number of aliphatic hydroxyl groups excluding tert-OH is 1. The minimum atomic E-state index is -0.103. The minimum Gasteiger partial charge on any atom is -0.392 e. The highest BCUT2D eigenvalue weighted by atomic mass is 16.3. The molecule has 1 saturated heterocycles. The second-order valence-corrected chi connectivity index (χ2v) is 8.36. The Hall–Kier alpha value is -0.0800. The van der Waals surface area contributed by atoms with E-state index in [1.54, 1.807) is 0 Å². The first-order valence-electron chi connectivity index (χ1n) is 11.8. The molecule has 2 unspecified atom stereocenters. The van der Waals surface area contributed by atoms with E-state index in [2.05, 4.69) is 12.2 Å². The van der Waals surface area contributed by atoms with Gasteiger partial charge < -0.3 is 10.4 Å². The normalized spacial score (nSPS) is 18.7. The monoisotopic (exact) mass is 353 g/mol. The Morgan fingerprint density at radius 2 is 1.16 bits per heavy atom. The van der Waals surface area contributed by atoms with Crippen molar-refractivity contribution in [1.29, 1.82) is 0 Å². The Bertz CT molecular complexity index is 263. The second kappa shape index (κ2) is 17.3. The maximum Gasteiger partial charge on any atom is 0.0693 e. The predicted molar refractivity (Wildman–Crippen MR) is 111 cm³/mol. The summed E-state index contributed by atoms with van der Waals surface area (Å²) >= 11 is 0. The van der Waals surface area contributed by atoms with Gasteiger partial charge in [0.2, 0.25) is 0 Å². The number of hydrogen-bond donors (Lipinski definition) is 2. The molecule has 150 valence electrons. The summed E-state index contributed by atoms with van der Waals surface area (Å²) in [4.78, 5) is 0. The van der Waals surface area contributed by atoms with Gasteiger partial charge in [0.15, 0.2) is 0 Å². The van der Waals surface area contributed by atoms with Crippen LogP contribution in [0.4, 0.5) is 0 Å². The molecule has 2 heteroatoms. The van der Waals surface area contributed by atoms with E-state index >= 15 is 0 Å². The van der Waals surface area contributed by atoms with Crippen LogP contribution in [0.1, 0.15) is 129 Å². The third-order valence-corrected chi connectivity index (χ3v) is 5.92. The molecular weight excluding hydrogens is 306 g/mol. The maximum absolute atomic E-state index is 10.1. The quantitative estimate of drug-likeness (QED) is 0.267. The summed E-state index contributed by atoms with van der Waals surface area (Å²) in [6.45, 7) is 3.39. The zero-order valence-corrected chi connectivity index (χ0v) is 17.2. The second-order valence-electron chi connectivity index (χ2n) is 8.36. The average molecular weight is 354 g/mol. The van der Waals surface area contributed by atoms with Gasteiger partial charge in [0.05, 0.1) is 6.10 Å². The summed E-state index contributed by atoms with van der Waals surface area (Å²) in [5.74, 6) is 0. The summed E-state index contributed by atoms with van der Waals surface area (Å²) in [7, 11) is 0. The fourth-order valence-electron chi connectivity index (χ4n) is 4.14. The van der Waals surface area contributed by atoms with Crippen molar-refractivity contribution in [3.63, 3.8) is 0 Å². The summed E-state index contributed by atoms with van der Waals surface area (Å²) in [5.41, 5.74) is 0. The third-order valence-electron chi connectivity index (χ3n) is 5.92. The van der Waals surface area contributed by atoms with Gasteiger partial charge in [-0.05, 0) is 25.8 Å². The van der Waals surface area contributed by atoms with Crippen molar-refractivity contribution in [2.45, 2.75) is 141 Å². The van der Waals surface area contributed by atoms with Gasteiger partial charge in [-0.15, -0.1) is 0 Å². The molecule has 1 heterocycles. The van der Waals surface area contributed by atoms with Crippen molar-refractivity contribution < 1.29 is 5.11 Å². The third kappa shape index (κ3) is 13.7. The van der Waals surface area contributed by atoms with Gasteiger partial charge >= 0.3 is 0 Å². The first-order valence-corrected chi connectivity index (χ1v) is 11.8. The first kappa shape index (κ1) is 23.0. The predicted octanol–water partition coefficient (Wildman–Crippen LogP) is 6.75. The molecule has 0 bridgehead atoms. The number of unbranched alkanes of at least 4 members (excludes halogenated alkanes) is 15. The fourth-order valence-corrected chi connectivity index (χ4v) is 4.14. The van der Waals surface area contributed by atoms with E-state index in [1.165, 1.54) is 116 Å². The topological polar surface area (TPSA) is 32.3 Å². The Balaban J connectivity index is 1.69. The summed E-state index contributed by atoms with van der Waals surface area (Å²) in [5, 5.41) is 13.5. The van der Waals surface area contributed by atoms with Gasteiger partial charge in [-0.3, -0.25) is 0 Å². The van der Waals surface area contributed by atoms with Gasteiger partial charge in [0.1, 0.15) is 0 Å². The fraction of sp³-hybridized carbons (Fsp3) is 1.00. The van der Waals surface area contributed by atoms with Crippen LogP contribution in [-0.4, -0.2) is 23.8 Å². The molecule has 0 aromatic rings. The van der Waals surface area contributed by atoms with Crippen LogP contribution in [0.2, 0.25) is 0 Å². The van der Waals surface area contributed by atoms with Crippen LogP contribution in [0.25, 0.3) is 0 Å². The lowest BCUT2D eigenvalue weighted by Gasteiger charge is -2.17. The zero-order valence-electron chi connectivity index (χ0n) is 17.2. The maximum atomic E-state index is 10.1. The minimum absolute atomic E-state index is 0.103. The number of rotatable bonds is 18. The van der Waals surface area contributed by atoms with Crippen molar-refractivity contribution >= 4 is 0 Å². The van der Waals surface area contributed by atoms with Crippen molar-refractivity contribution in [2.75, 3.05) is 6.54 Å². The van der Waals surface area contributed by atoms with Crippen molar-refractivity contribution in [1.82, 2.24) is 5.32 Å². The largest absolute Gasteiger partial charge is 0.392 e. The van der Waals surface area contributed by atoms with E-state index in [0.717, 1.165) is 13.0 Å². The van der Waals surface area contributed by atoms with E-state index in [1.807, 2.05) is 0 Å². The van der Waals surface area contributed by atoms with Crippen molar-refractivity contribution in [3.05, 3.63) is 0 Å². The molecule has 0 spiro atoms. The summed E-state index contributed by atoms with van der Waals surface area (Å²) in [6, 6.07) is 0.386. The molecule has 2 nitrogen and oxygen atoms in total. The smallest absolute Gasteiger partial charge is 0.0693 e. The lowest BCUT2D eigenvalue weighted by molar-refractivity contribution is 0.123. The van der Waals surface area contributed by atoms with E-state index in [4.69, 9.17) is 0 Å². The van der Waals surface area contributed by atoms with E-state index < -0.39 is 0 Å². The number of aliphatic hydroxyl groups is 1. The zero-order chi connectivity index (χ0) is 18.0. The highest BCUT2D eigenvalue weighted by Gasteiger charge is 2.21. The lowest BCUT2D eigenvalue weighted by atomic mass is 10.0. The van der Waals surface area contributed by atoms with Gasteiger partial charge in [-0.1, -0.05) is 110 Å². The van der Waals surface area contributed by atoms with Crippen LogP contribution >= 0.6 is 0 Å². The molecule has 1 fully saturated rings. The molecular formula is C23H47NO. The SMILES string of the molecule is CCCCCCCCCCCCCCCCCCC(O)C1CCCN1. The van der Waals surface area contributed by atoms with Crippen LogP contribution in [0.15, 0.2) is 0 Å². The Morgan fingerprint density at radius 1 is 0.720 bits per heavy atom. The van der Waals surface area contributed by atoms with Crippen LogP contribution in [0, 0.1) is 0 Å². The van der Waals surface area contributed by atoms with E-state index in [0.29, 0.717) is 6.04 Å². The van der Waals surface area contributed by atoms with E-state index in [-0.39, 0.29) is 6.10 Å². The molecule has 25 heavy (non-hydrogen) atoms. The van der Waals surface area contributed by atoms with Crippen molar-refractivity contribution in [3.8, 4) is 0 Å². The number of nitrogens with one attached hydrogen (secondary N) is 1. The van der Waals surface area contributed by atoms with Crippen LogP contribution < -0.4 is 5.32 Å². The van der Waals surface area contributed by atoms with Crippen molar-refractivity contribution in [2.24, 2.45) is 0 Å². The standard InChI is InChI=1S/C23H47NO/c1-2-3-4-5-6-7-8-9-10-11-12-13-14-15-16-17-20-23(25)22-19-18-21-24-22/h22-25H,2-21H2,1H3. The Kier molecular flexibility index (Phi) is 15.9. The van der Waals surface area contributed by atoms with Gasteiger partial charge in [-0.2, -0.15) is 0 Å². The molecule has 1 rings (SSSR count). The molecule has 1 aliphatic rings. The highest BCUT2D eigenvalue weighted by molar-refractivity contribution is 4.80. The average Bonchev–Trinajstić information content (AvgIpc) is 3.16. The molecule has 0 amide bonds. The molecule has 2 N–H and O–H groups in total. The molecule has 2 atom stereocenters. The molecule has 0 radical (unpaired) electrons. The Morgan fingerprint density at radius 3 is 1.56 bits per heavy atom. The van der Waals surface area contributed by atoms with Crippen LogP contribution in [0.3, 0.4) is 0 Å². The molecule has 0 aliphatic carbocycles. The van der Waals surface area contributed by atoms with Gasteiger partial charge in [0, 0.05) is 6.04 Å². The van der Waals surface area contributed by atoms with E-state index in [9.17, 15) is 5.11 Å². The van der Waals surface area contributed by atoms with Gasteiger partial charge in [-0.25, -0.2) is 0 Å².